The van der Waals surface area contributed by atoms with Crippen molar-refractivity contribution in [3.05, 3.63) is 0 Å². The molecule has 2 atom stereocenters. The van der Waals surface area contributed by atoms with E-state index in [1.54, 1.807) is 0 Å². The molecule has 9 heteroatoms. The third-order valence-corrected chi connectivity index (χ3v) is 3.60. The number of hydrogen-bond donors (Lipinski definition) is 2. The van der Waals surface area contributed by atoms with Crippen LogP contribution in [0.3, 0.4) is 0 Å². The molecule has 6 nitrogen and oxygen atoms in total. The first-order chi connectivity index (χ1) is 9.98. The van der Waals surface area contributed by atoms with E-state index in [1.807, 2.05) is 13.8 Å². The van der Waals surface area contributed by atoms with Gasteiger partial charge in [-0.15, -0.1) is 0 Å². The number of rotatable bonds is 5. The molecule has 0 aromatic heterocycles. The van der Waals surface area contributed by atoms with Crippen molar-refractivity contribution in [3.8, 4) is 0 Å². The number of aliphatic carboxylic acids is 1. The maximum atomic E-state index is 12.8. The van der Waals surface area contributed by atoms with Crippen molar-refractivity contribution in [2.24, 2.45) is 17.3 Å². The van der Waals surface area contributed by atoms with Gasteiger partial charge >= 0.3 is 18.2 Å². The first kappa shape index (κ1) is 18.5. The minimum absolute atomic E-state index is 0.213. The molecule has 0 aromatic carbocycles. The van der Waals surface area contributed by atoms with Gasteiger partial charge in [0.2, 0.25) is 0 Å². The number of carbonyl (C=O) groups excluding carboxylic acids is 1. The number of hydrogen-bond acceptors (Lipinski definition) is 3. The smallest absolute Gasteiger partial charge is 0.394 e. The van der Waals surface area contributed by atoms with Crippen LogP contribution in [0.2, 0.25) is 0 Å². The Morgan fingerprint density at radius 3 is 2.32 bits per heavy atom. The lowest BCUT2D eigenvalue weighted by Gasteiger charge is -2.26. The number of likely N-dealkylation sites (tertiary alicyclic amines) is 1. The highest BCUT2D eigenvalue weighted by atomic mass is 19.4. The van der Waals surface area contributed by atoms with Crippen LogP contribution in [0, 0.1) is 17.3 Å². The second-order valence-electron chi connectivity index (χ2n) is 6.25. The molecule has 0 aromatic rings. The lowest BCUT2D eigenvalue weighted by atomic mass is 9.95. The zero-order chi connectivity index (χ0) is 17.1. The highest BCUT2D eigenvalue weighted by molar-refractivity contribution is 5.77. The SMILES string of the molecule is COCC(C)(C)CNC(=O)N1C[C@@H](C(F)(F)F)[C@H](C(=O)O)C1. The quantitative estimate of drug-likeness (QED) is 0.804. The van der Waals surface area contributed by atoms with Crippen LogP contribution < -0.4 is 5.32 Å². The number of amides is 2. The van der Waals surface area contributed by atoms with Crippen molar-refractivity contribution < 1.29 is 32.6 Å². The molecule has 0 bridgehead atoms. The minimum Gasteiger partial charge on any atom is -0.481 e. The lowest BCUT2D eigenvalue weighted by Crippen LogP contribution is -2.44. The molecule has 0 radical (unpaired) electrons. The van der Waals surface area contributed by atoms with Gasteiger partial charge in [0.25, 0.3) is 0 Å². The molecule has 0 aliphatic carbocycles. The van der Waals surface area contributed by atoms with E-state index >= 15 is 0 Å². The van der Waals surface area contributed by atoms with E-state index in [-0.39, 0.29) is 12.0 Å². The van der Waals surface area contributed by atoms with E-state index in [0.717, 1.165) is 4.90 Å². The Labute approximate surface area is 126 Å². The predicted molar refractivity (Wildman–Crippen MR) is 71.3 cm³/mol. The van der Waals surface area contributed by atoms with Crippen LogP contribution in [-0.2, 0) is 9.53 Å². The van der Waals surface area contributed by atoms with E-state index in [1.165, 1.54) is 7.11 Å². The summed E-state index contributed by atoms with van der Waals surface area (Å²) in [5.41, 5.74) is -0.375. The number of carbonyl (C=O) groups is 2. The fourth-order valence-electron chi connectivity index (χ4n) is 2.42. The Balaban J connectivity index is 2.66. The number of alkyl halides is 3. The number of carboxylic acids is 1. The van der Waals surface area contributed by atoms with Crippen LogP contribution in [0.25, 0.3) is 0 Å². The van der Waals surface area contributed by atoms with Crippen molar-refractivity contribution in [2.75, 3.05) is 33.4 Å². The van der Waals surface area contributed by atoms with Gasteiger partial charge in [0.05, 0.1) is 18.4 Å². The van der Waals surface area contributed by atoms with Crippen molar-refractivity contribution in [2.45, 2.75) is 20.0 Å². The Morgan fingerprint density at radius 2 is 1.91 bits per heavy atom. The van der Waals surface area contributed by atoms with E-state index in [4.69, 9.17) is 9.84 Å². The van der Waals surface area contributed by atoms with Crippen LogP contribution in [0.1, 0.15) is 13.8 Å². The van der Waals surface area contributed by atoms with Crippen LogP contribution in [0.15, 0.2) is 0 Å². The Morgan fingerprint density at radius 1 is 1.32 bits per heavy atom. The molecular weight excluding hydrogens is 305 g/mol. The first-order valence-corrected chi connectivity index (χ1v) is 6.79. The summed E-state index contributed by atoms with van der Waals surface area (Å²) in [6, 6.07) is -0.692. The van der Waals surface area contributed by atoms with Crippen molar-refractivity contribution in [3.63, 3.8) is 0 Å². The summed E-state index contributed by atoms with van der Waals surface area (Å²) < 4.78 is 43.5. The highest BCUT2D eigenvalue weighted by Gasteiger charge is 2.53. The summed E-state index contributed by atoms with van der Waals surface area (Å²) in [4.78, 5) is 23.8. The van der Waals surface area contributed by atoms with Gasteiger partial charge in [0.15, 0.2) is 0 Å². The van der Waals surface area contributed by atoms with Gasteiger partial charge in [0, 0.05) is 32.2 Å². The topological polar surface area (TPSA) is 78.9 Å². The summed E-state index contributed by atoms with van der Waals surface area (Å²) in [5, 5.41) is 11.4. The average Bonchev–Trinajstić information content (AvgIpc) is 2.81. The Hall–Kier alpha value is -1.51. The van der Waals surface area contributed by atoms with E-state index < -0.39 is 43.1 Å². The minimum atomic E-state index is -4.65. The molecule has 128 valence electrons. The van der Waals surface area contributed by atoms with Crippen molar-refractivity contribution >= 4 is 12.0 Å². The number of halogens is 3. The predicted octanol–water partition coefficient (Wildman–Crippen LogP) is 1.56. The molecule has 22 heavy (non-hydrogen) atoms. The first-order valence-electron chi connectivity index (χ1n) is 6.79. The van der Waals surface area contributed by atoms with Crippen molar-refractivity contribution in [1.82, 2.24) is 10.2 Å². The van der Waals surface area contributed by atoms with Crippen LogP contribution in [0.5, 0.6) is 0 Å². The molecule has 1 saturated heterocycles. The maximum Gasteiger partial charge on any atom is 0.394 e. The van der Waals surface area contributed by atoms with Gasteiger partial charge in [-0.3, -0.25) is 4.79 Å². The number of methoxy groups -OCH3 is 1. The summed E-state index contributed by atoms with van der Waals surface area (Å²) in [6.07, 6.45) is -4.65. The molecule has 1 heterocycles. The Bertz CT molecular complexity index is 426. The van der Waals surface area contributed by atoms with Crippen molar-refractivity contribution in [1.29, 1.82) is 0 Å². The molecule has 0 unspecified atom stereocenters. The molecule has 1 fully saturated rings. The van der Waals surface area contributed by atoms with Gasteiger partial charge in [-0.25, -0.2) is 4.79 Å². The van der Waals surface area contributed by atoms with Gasteiger partial charge in [-0.05, 0) is 0 Å². The third-order valence-electron chi connectivity index (χ3n) is 3.60. The molecular formula is C13H21F3N2O4. The van der Waals surface area contributed by atoms with E-state index in [0.29, 0.717) is 6.61 Å². The van der Waals surface area contributed by atoms with Gasteiger partial charge < -0.3 is 20.1 Å². The number of carboxylic acid groups (broad SMARTS) is 1. The lowest BCUT2D eigenvalue weighted by molar-refractivity contribution is -0.187. The molecule has 2 amide bonds. The maximum absolute atomic E-state index is 12.8. The second kappa shape index (κ2) is 6.72. The largest absolute Gasteiger partial charge is 0.481 e. The molecule has 0 saturated carbocycles. The fourth-order valence-corrected chi connectivity index (χ4v) is 2.42. The number of urea groups is 1. The number of nitrogens with zero attached hydrogens (tertiary/aromatic N) is 1. The molecule has 1 aliphatic heterocycles. The summed E-state index contributed by atoms with van der Waals surface area (Å²) in [5.74, 6) is -5.21. The molecule has 1 aliphatic rings. The standard InChI is InChI=1S/C13H21F3N2O4/c1-12(2,7-22-3)6-17-11(21)18-4-8(10(19)20)9(5-18)13(14,15)16/h8-9H,4-7H2,1-3H3,(H,17,21)(H,19,20)/t8-,9-/m1/s1. The van der Waals surface area contributed by atoms with E-state index in [2.05, 4.69) is 5.32 Å². The summed E-state index contributed by atoms with van der Waals surface area (Å²) in [7, 11) is 1.51. The van der Waals surface area contributed by atoms with Crippen LogP contribution in [0.4, 0.5) is 18.0 Å². The molecule has 2 N–H and O–H groups in total. The van der Waals surface area contributed by atoms with Crippen LogP contribution in [-0.4, -0.2) is 61.5 Å². The summed E-state index contributed by atoms with van der Waals surface area (Å²) >= 11 is 0. The molecule has 1 rings (SSSR count). The van der Waals surface area contributed by atoms with E-state index in [9.17, 15) is 22.8 Å². The van der Waals surface area contributed by atoms with Gasteiger partial charge in [-0.2, -0.15) is 13.2 Å². The van der Waals surface area contributed by atoms with Crippen LogP contribution >= 0.6 is 0 Å². The average molecular weight is 326 g/mol. The number of ether oxygens (including phenoxy) is 1. The monoisotopic (exact) mass is 326 g/mol. The fraction of sp³-hybridized carbons (Fsp3) is 0.846. The highest BCUT2D eigenvalue weighted by Crippen LogP contribution is 2.37. The van der Waals surface area contributed by atoms with Gasteiger partial charge in [-0.1, -0.05) is 13.8 Å². The third kappa shape index (κ3) is 4.75. The number of nitrogens with one attached hydrogen (secondary N) is 1. The second-order valence-corrected chi connectivity index (χ2v) is 6.25. The summed E-state index contributed by atoms with van der Waals surface area (Å²) in [6.45, 7) is 3.16. The normalized spacial score (nSPS) is 22.7. The van der Waals surface area contributed by atoms with Gasteiger partial charge in [0.1, 0.15) is 0 Å². The Kier molecular flexibility index (Phi) is 5.66. The zero-order valence-corrected chi connectivity index (χ0v) is 12.7. The molecule has 0 spiro atoms. The zero-order valence-electron chi connectivity index (χ0n) is 12.7.